The first-order chi connectivity index (χ1) is 6.70. The van der Waals surface area contributed by atoms with Gasteiger partial charge in [0.25, 0.3) is 0 Å². The summed E-state index contributed by atoms with van der Waals surface area (Å²) in [5, 5.41) is 0. The van der Waals surface area contributed by atoms with E-state index in [0.29, 0.717) is 0 Å². The molecule has 0 spiro atoms. The zero-order chi connectivity index (χ0) is 10.8. The van der Waals surface area contributed by atoms with Crippen molar-refractivity contribution in [1.29, 1.82) is 0 Å². The highest BCUT2D eigenvalue weighted by Crippen LogP contribution is 1.98. The Kier molecular flexibility index (Phi) is 10.0. The lowest BCUT2D eigenvalue weighted by Gasteiger charge is -2.23. The van der Waals surface area contributed by atoms with E-state index in [-0.39, 0.29) is 0 Å². The highest BCUT2D eigenvalue weighted by molar-refractivity contribution is 7.80. The van der Waals surface area contributed by atoms with Crippen LogP contribution >= 0.6 is 12.6 Å². The zero-order valence-electron chi connectivity index (χ0n) is 10.00. The topological polar surface area (TPSA) is 6.48 Å². The van der Waals surface area contributed by atoms with Gasteiger partial charge in [-0.3, -0.25) is 0 Å². The molecule has 0 amide bonds. The standard InChI is InChI=1S/C11H26N2S/c1-4-7-13(8-5-6-11-14)10-9-12(2)3/h14H,4-11H2,1-3H3. The predicted molar refractivity (Wildman–Crippen MR) is 68.4 cm³/mol. The van der Waals surface area contributed by atoms with Gasteiger partial charge >= 0.3 is 0 Å². The van der Waals surface area contributed by atoms with E-state index >= 15 is 0 Å². The van der Waals surface area contributed by atoms with Gasteiger partial charge in [-0.05, 0) is 52.2 Å². The van der Waals surface area contributed by atoms with Crippen LogP contribution in [0.2, 0.25) is 0 Å². The molecule has 0 aromatic rings. The fourth-order valence-electron chi connectivity index (χ4n) is 1.44. The van der Waals surface area contributed by atoms with Gasteiger partial charge in [0.15, 0.2) is 0 Å². The quantitative estimate of drug-likeness (QED) is 0.467. The Morgan fingerprint density at radius 2 is 1.64 bits per heavy atom. The van der Waals surface area contributed by atoms with E-state index < -0.39 is 0 Å². The van der Waals surface area contributed by atoms with Crippen molar-refractivity contribution in [3.05, 3.63) is 0 Å². The molecule has 0 aromatic heterocycles. The van der Waals surface area contributed by atoms with E-state index in [0.717, 1.165) is 5.75 Å². The van der Waals surface area contributed by atoms with Crippen LogP contribution in [0.1, 0.15) is 26.2 Å². The molecular weight excluding hydrogens is 192 g/mol. The molecule has 0 saturated heterocycles. The predicted octanol–water partition coefficient (Wildman–Crippen LogP) is 1.97. The van der Waals surface area contributed by atoms with Crippen LogP contribution in [-0.2, 0) is 0 Å². The largest absolute Gasteiger partial charge is 0.308 e. The summed E-state index contributed by atoms with van der Waals surface area (Å²) in [7, 11) is 4.27. The Morgan fingerprint density at radius 1 is 0.929 bits per heavy atom. The van der Waals surface area contributed by atoms with Crippen molar-refractivity contribution in [1.82, 2.24) is 9.80 Å². The van der Waals surface area contributed by atoms with Crippen molar-refractivity contribution in [2.24, 2.45) is 0 Å². The minimum absolute atomic E-state index is 1.02. The lowest BCUT2D eigenvalue weighted by atomic mass is 10.3. The van der Waals surface area contributed by atoms with Gasteiger partial charge in [-0.1, -0.05) is 6.92 Å². The van der Waals surface area contributed by atoms with Crippen LogP contribution in [0.5, 0.6) is 0 Å². The molecule has 0 aromatic carbocycles. The van der Waals surface area contributed by atoms with E-state index in [1.165, 1.54) is 45.4 Å². The fourth-order valence-corrected chi connectivity index (χ4v) is 1.66. The molecule has 0 aliphatic heterocycles. The van der Waals surface area contributed by atoms with Gasteiger partial charge in [0.1, 0.15) is 0 Å². The lowest BCUT2D eigenvalue weighted by Crippen LogP contribution is -2.33. The molecule has 0 heterocycles. The summed E-state index contributed by atoms with van der Waals surface area (Å²) in [6.45, 7) is 7.10. The van der Waals surface area contributed by atoms with Gasteiger partial charge in [0, 0.05) is 13.1 Å². The maximum Gasteiger partial charge on any atom is 0.0109 e. The van der Waals surface area contributed by atoms with Crippen molar-refractivity contribution < 1.29 is 0 Å². The molecule has 0 saturated carbocycles. The van der Waals surface area contributed by atoms with Crippen molar-refractivity contribution in [2.45, 2.75) is 26.2 Å². The summed E-state index contributed by atoms with van der Waals surface area (Å²) < 4.78 is 0. The third kappa shape index (κ3) is 8.85. The molecule has 3 heteroatoms. The number of thiol groups is 1. The highest BCUT2D eigenvalue weighted by atomic mass is 32.1. The Balaban J connectivity index is 3.54. The van der Waals surface area contributed by atoms with Crippen LogP contribution in [0.3, 0.4) is 0 Å². The molecular formula is C11H26N2S. The minimum atomic E-state index is 1.02. The first-order valence-electron chi connectivity index (χ1n) is 5.68. The van der Waals surface area contributed by atoms with Gasteiger partial charge in [-0.25, -0.2) is 0 Å². The van der Waals surface area contributed by atoms with Gasteiger partial charge in [-0.15, -0.1) is 0 Å². The van der Waals surface area contributed by atoms with E-state index in [1.54, 1.807) is 0 Å². The minimum Gasteiger partial charge on any atom is -0.308 e. The van der Waals surface area contributed by atoms with Crippen LogP contribution in [0.4, 0.5) is 0 Å². The highest BCUT2D eigenvalue weighted by Gasteiger charge is 2.03. The number of unbranched alkanes of at least 4 members (excludes halogenated alkanes) is 1. The maximum atomic E-state index is 4.23. The number of hydrogen-bond acceptors (Lipinski definition) is 3. The van der Waals surface area contributed by atoms with Gasteiger partial charge in [-0.2, -0.15) is 12.6 Å². The first-order valence-corrected chi connectivity index (χ1v) is 6.32. The summed E-state index contributed by atoms with van der Waals surface area (Å²) in [4.78, 5) is 4.81. The molecule has 0 bridgehead atoms. The third-order valence-electron chi connectivity index (χ3n) is 2.29. The molecule has 0 radical (unpaired) electrons. The summed E-state index contributed by atoms with van der Waals surface area (Å²) in [6, 6.07) is 0. The molecule has 0 aliphatic carbocycles. The smallest absolute Gasteiger partial charge is 0.0109 e. The summed E-state index contributed by atoms with van der Waals surface area (Å²) in [6.07, 6.45) is 3.79. The second kappa shape index (κ2) is 9.81. The lowest BCUT2D eigenvalue weighted by molar-refractivity contribution is 0.238. The molecule has 86 valence electrons. The van der Waals surface area contributed by atoms with E-state index in [1.807, 2.05) is 0 Å². The van der Waals surface area contributed by atoms with Gasteiger partial charge in [0.05, 0.1) is 0 Å². The molecule has 14 heavy (non-hydrogen) atoms. The van der Waals surface area contributed by atoms with Crippen LogP contribution in [0.25, 0.3) is 0 Å². The average Bonchev–Trinajstić information content (AvgIpc) is 2.14. The molecule has 0 atom stereocenters. The number of nitrogens with zero attached hydrogens (tertiary/aromatic N) is 2. The Labute approximate surface area is 95.1 Å². The summed E-state index contributed by atoms with van der Waals surface area (Å²) in [5.74, 6) is 1.02. The molecule has 0 unspecified atom stereocenters. The van der Waals surface area contributed by atoms with Crippen molar-refractivity contribution >= 4 is 12.6 Å². The normalized spacial score (nSPS) is 11.6. The molecule has 0 rings (SSSR count). The number of likely N-dealkylation sites (N-methyl/N-ethyl adjacent to an activating group) is 1. The zero-order valence-corrected chi connectivity index (χ0v) is 10.9. The second-order valence-corrected chi connectivity index (χ2v) is 4.52. The molecule has 0 N–H and O–H groups in total. The SMILES string of the molecule is CCCN(CCCCS)CCN(C)C. The fraction of sp³-hybridized carbons (Fsp3) is 1.00. The Morgan fingerprint density at radius 3 is 2.14 bits per heavy atom. The Hall–Kier alpha value is 0.270. The maximum absolute atomic E-state index is 4.23. The van der Waals surface area contributed by atoms with Crippen LogP contribution in [0.15, 0.2) is 0 Å². The van der Waals surface area contributed by atoms with Crippen molar-refractivity contribution in [3.8, 4) is 0 Å². The van der Waals surface area contributed by atoms with Crippen LogP contribution in [-0.4, -0.2) is 55.8 Å². The first kappa shape index (κ1) is 14.3. The molecule has 2 nitrogen and oxygen atoms in total. The van der Waals surface area contributed by atoms with E-state index in [9.17, 15) is 0 Å². The monoisotopic (exact) mass is 218 g/mol. The van der Waals surface area contributed by atoms with Crippen molar-refractivity contribution in [2.75, 3.05) is 46.0 Å². The van der Waals surface area contributed by atoms with Crippen LogP contribution in [0, 0.1) is 0 Å². The van der Waals surface area contributed by atoms with Crippen molar-refractivity contribution in [3.63, 3.8) is 0 Å². The third-order valence-corrected chi connectivity index (χ3v) is 2.60. The van der Waals surface area contributed by atoms with Gasteiger partial charge in [0.2, 0.25) is 0 Å². The van der Waals surface area contributed by atoms with Crippen LogP contribution < -0.4 is 0 Å². The Bertz CT molecular complexity index is 118. The summed E-state index contributed by atoms with van der Waals surface area (Å²) in [5.41, 5.74) is 0. The second-order valence-electron chi connectivity index (χ2n) is 4.08. The molecule has 0 fully saturated rings. The average molecular weight is 218 g/mol. The van der Waals surface area contributed by atoms with E-state index in [4.69, 9.17) is 0 Å². The number of hydrogen-bond donors (Lipinski definition) is 1. The summed E-state index contributed by atoms with van der Waals surface area (Å²) >= 11 is 4.23. The number of rotatable bonds is 9. The van der Waals surface area contributed by atoms with E-state index in [2.05, 4.69) is 43.4 Å². The molecule has 0 aliphatic rings. The van der Waals surface area contributed by atoms with Gasteiger partial charge < -0.3 is 9.80 Å².